The van der Waals surface area contributed by atoms with Gasteiger partial charge in [-0.1, -0.05) is 48.5 Å². The fraction of sp³-hybridized carbons (Fsp3) is 0.107. The van der Waals surface area contributed by atoms with Gasteiger partial charge >= 0.3 is 0 Å². The molecule has 0 fully saturated rings. The summed E-state index contributed by atoms with van der Waals surface area (Å²) in [7, 11) is 0. The smallest absolute Gasteiger partial charge is 0.241 e. The van der Waals surface area contributed by atoms with E-state index in [9.17, 15) is 14.4 Å². The number of allylic oxidation sites excluding steroid dienone is 1. The summed E-state index contributed by atoms with van der Waals surface area (Å²) in [5.41, 5.74) is 10.6. The van der Waals surface area contributed by atoms with Gasteiger partial charge in [-0.15, -0.1) is 0 Å². The van der Waals surface area contributed by atoms with Crippen molar-refractivity contribution in [1.29, 1.82) is 0 Å². The average molecular weight is 467 g/mol. The van der Waals surface area contributed by atoms with E-state index < -0.39 is 6.04 Å². The molecule has 0 bridgehead atoms. The van der Waals surface area contributed by atoms with E-state index in [1.165, 1.54) is 13.0 Å². The first-order valence-corrected chi connectivity index (χ1v) is 11.2. The van der Waals surface area contributed by atoms with Crippen molar-refractivity contribution in [3.63, 3.8) is 0 Å². The second-order valence-electron chi connectivity index (χ2n) is 8.24. The highest BCUT2D eigenvalue weighted by atomic mass is 16.2. The van der Waals surface area contributed by atoms with Crippen molar-refractivity contribution >= 4 is 46.0 Å². The van der Waals surface area contributed by atoms with Crippen LogP contribution in [0.4, 0.5) is 11.4 Å². The second kappa shape index (κ2) is 10.6. The number of benzene rings is 3. The summed E-state index contributed by atoms with van der Waals surface area (Å²) in [6.07, 6.45) is 5.42. The van der Waals surface area contributed by atoms with E-state index in [1.54, 1.807) is 54.6 Å². The summed E-state index contributed by atoms with van der Waals surface area (Å²) in [6.45, 7) is 1.44. The highest BCUT2D eigenvalue weighted by molar-refractivity contribution is 6.08. The molecule has 1 unspecified atom stereocenters. The number of carbonyl (C=O) groups is 3. The molecule has 2 amide bonds. The molecule has 5 N–H and O–H groups in total. The van der Waals surface area contributed by atoms with Crippen LogP contribution in [0.15, 0.2) is 85.1 Å². The lowest BCUT2D eigenvalue weighted by molar-refractivity contribution is -0.117. The molecule has 0 spiro atoms. The predicted octanol–water partition coefficient (Wildman–Crippen LogP) is 4.53. The van der Waals surface area contributed by atoms with Gasteiger partial charge in [0.05, 0.1) is 6.04 Å². The quantitative estimate of drug-likeness (QED) is 0.225. The normalized spacial score (nSPS) is 11.9. The number of hydrogen-bond acceptors (Lipinski definition) is 4. The van der Waals surface area contributed by atoms with Crippen LogP contribution < -0.4 is 16.4 Å². The Bertz CT molecular complexity index is 1400. The molecule has 0 aliphatic carbocycles. The van der Waals surface area contributed by atoms with Gasteiger partial charge in [-0.3, -0.25) is 14.4 Å². The van der Waals surface area contributed by atoms with Crippen LogP contribution >= 0.6 is 0 Å². The molecule has 7 nitrogen and oxygen atoms in total. The first-order chi connectivity index (χ1) is 16.9. The van der Waals surface area contributed by atoms with Crippen LogP contribution in [0.1, 0.15) is 28.4 Å². The number of anilines is 2. The molecule has 1 aromatic heterocycles. The maximum atomic E-state index is 12.7. The lowest BCUT2D eigenvalue weighted by Crippen LogP contribution is -2.37. The zero-order chi connectivity index (χ0) is 24.8. The van der Waals surface area contributed by atoms with Crippen molar-refractivity contribution in [3.05, 3.63) is 102 Å². The first-order valence-electron chi connectivity index (χ1n) is 11.2. The predicted molar refractivity (Wildman–Crippen MR) is 139 cm³/mol. The topological polar surface area (TPSA) is 117 Å². The Morgan fingerprint density at radius 3 is 2.49 bits per heavy atom. The molecule has 3 aromatic carbocycles. The van der Waals surface area contributed by atoms with Gasteiger partial charge < -0.3 is 21.4 Å². The van der Waals surface area contributed by atoms with Crippen LogP contribution in [0.3, 0.4) is 0 Å². The molecule has 4 aromatic rings. The molecule has 176 valence electrons. The summed E-state index contributed by atoms with van der Waals surface area (Å²) in [5.74, 6) is -0.667. The number of para-hydroxylation sites is 1. The lowest BCUT2D eigenvalue weighted by atomic mass is 10.0. The van der Waals surface area contributed by atoms with Gasteiger partial charge in [0, 0.05) is 41.0 Å². The number of H-pyrrole nitrogens is 1. The Morgan fingerprint density at radius 1 is 0.943 bits per heavy atom. The molecule has 1 heterocycles. The number of carbonyl (C=O) groups excluding carboxylic acids is 3. The fourth-order valence-corrected chi connectivity index (χ4v) is 3.76. The number of ketones is 1. The molecule has 1 atom stereocenters. The number of aromatic nitrogens is 1. The fourth-order valence-electron chi connectivity index (χ4n) is 3.76. The van der Waals surface area contributed by atoms with Crippen molar-refractivity contribution in [2.75, 3.05) is 10.6 Å². The summed E-state index contributed by atoms with van der Waals surface area (Å²) >= 11 is 0. The third kappa shape index (κ3) is 6.10. The highest BCUT2D eigenvalue weighted by Gasteiger charge is 2.17. The molecule has 4 rings (SSSR count). The van der Waals surface area contributed by atoms with Gasteiger partial charge in [0.25, 0.3) is 0 Å². The van der Waals surface area contributed by atoms with E-state index >= 15 is 0 Å². The number of hydrogen-bond donors (Lipinski definition) is 4. The summed E-state index contributed by atoms with van der Waals surface area (Å²) in [4.78, 5) is 39.6. The Balaban J connectivity index is 1.38. The SMILES string of the molecule is CC(=O)Nc1ccc(/C=C/C(=O)c2cccc(NC(=O)C(N)Cc3c[nH]c4ccccc34)c2)cc1. The van der Waals surface area contributed by atoms with Crippen molar-refractivity contribution in [2.45, 2.75) is 19.4 Å². The summed E-state index contributed by atoms with van der Waals surface area (Å²) in [6, 6.07) is 21.0. The monoisotopic (exact) mass is 466 g/mol. The van der Waals surface area contributed by atoms with Crippen LogP contribution in [0, 0.1) is 0 Å². The van der Waals surface area contributed by atoms with Crippen molar-refractivity contribution in [2.24, 2.45) is 5.73 Å². The number of amides is 2. The Kier molecular flexibility index (Phi) is 7.18. The van der Waals surface area contributed by atoms with E-state index in [-0.39, 0.29) is 17.6 Å². The lowest BCUT2D eigenvalue weighted by Gasteiger charge is -2.12. The molecule has 0 saturated carbocycles. The number of rotatable bonds is 8. The number of aromatic amines is 1. The minimum atomic E-state index is -0.742. The number of fused-ring (bicyclic) bond motifs is 1. The van der Waals surface area contributed by atoms with Crippen LogP contribution in [0.5, 0.6) is 0 Å². The minimum absolute atomic E-state index is 0.144. The molecule has 0 aliphatic rings. The number of nitrogens with two attached hydrogens (primary N) is 1. The molecular formula is C28H26N4O3. The van der Waals surface area contributed by atoms with Gasteiger partial charge in [0.1, 0.15) is 0 Å². The standard InChI is InChI=1S/C28H26N4O3/c1-18(33)31-22-12-9-19(10-13-22)11-14-27(34)20-5-4-6-23(15-20)32-28(35)25(29)16-21-17-30-26-8-3-2-7-24(21)26/h2-15,17,25,30H,16,29H2,1H3,(H,31,33)(H,32,35)/b14-11+. The first kappa shape index (κ1) is 23.7. The Labute approximate surface area is 203 Å². The molecule has 0 aliphatic heterocycles. The highest BCUT2D eigenvalue weighted by Crippen LogP contribution is 2.19. The van der Waals surface area contributed by atoms with Gasteiger partial charge in [-0.2, -0.15) is 0 Å². The van der Waals surface area contributed by atoms with E-state index in [0.717, 1.165) is 22.0 Å². The van der Waals surface area contributed by atoms with Crippen LogP contribution in [-0.4, -0.2) is 28.6 Å². The maximum absolute atomic E-state index is 12.7. The van der Waals surface area contributed by atoms with Crippen molar-refractivity contribution < 1.29 is 14.4 Å². The molecular weight excluding hydrogens is 440 g/mol. The maximum Gasteiger partial charge on any atom is 0.241 e. The zero-order valence-electron chi connectivity index (χ0n) is 19.2. The molecule has 7 heteroatoms. The molecule has 0 saturated heterocycles. The van der Waals surface area contributed by atoms with Gasteiger partial charge in [-0.25, -0.2) is 0 Å². The van der Waals surface area contributed by atoms with Crippen LogP contribution in [-0.2, 0) is 16.0 Å². The number of nitrogens with one attached hydrogen (secondary N) is 3. The third-order valence-corrected chi connectivity index (χ3v) is 5.52. The van der Waals surface area contributed by atoms with E-state index in [1.807, 2.05) is 30.5 Å². The largest absolute Gasteiger partial charge is 0.361 e. The molecule has 0 radical (unpaired) electrons. The van der Waals surface area contributed by atoms with Gasteiger partial charge in [0.2, 0.25) is 11.8 Å². The second-order valence-corrected chi connectivity index (χ2v) is 8.24. The van der Waals surface area contributed by atoms with E-state index in [0.29, 0.717) is 23.4 Å². The van der Waals surface area contributed by atoms with Gasteiger partial charge in [-0.05, 0) is 54.0 Å². The van der Waals surface area contributed by atoms with Crippen molar-refractivity contribution in [3.8, 4) is 0 Å². The van der Waals surface area contributed by atoms with E-state index in [4.69, 9.17) is 5.73 Å². The van der Waals surface area contributed by atoms with Gasteiger partial charge in [0.15, 0.2) is 5.78 Å². The van der Waals surface area contributed by atoms with Crippen LogP contribution in [0.25, 0.3) is 17.0 Å². The minimum Gasteiger partial charge on any atom is -0.361 e. The summed E-state index contributed by atoms with van der Waals surface area (Å²) in [5, 5.41) is 6.55. The van der Waals surface area contributed by atoms with Crippen molar-refractivity contribution in [1.82, 2.24) is 4.98 Å². The average Bonchev–Trinajstić information content (AvgIpc) is 3.26. The Hall–Kier alpha value is -4.49. The molecule has 35 heavy (non-hydrogen) atoms. The Morgan fingerprint density at radius 2 is 1.71 bits per heavy atom. The third-order valence-electron chi connectivity index (χ3n) is 5.52. The summed E-state index contributed by atoms with van der Waals surface area (Å²) < 4.78 is 0. The van der Waals surface area contributed by atoms with Crippen LogP contribution in [0.2, 0.25) is 0 Å². The zero-order valence-corrected chi connectivity index (χ0v) is 19.2. The van der Waals surface area contributed by atoms with E-state index in [2.05, 4.69) is 15.6 Å².